The molecule has 1 heterocycles. The van der Waals surface area contributed by atoms with Crippen LogP contribution in [0.4, 0.5) is 4.79 Å². The molecule has 0 aromatic carbocycles. The van der Waals surface area contributed by atoms with Crippen LogP contribution in [0, 0.1) is 5.92 Å². The summed E-state index contributed by atoms with van der Waals surface area (Å²) in [6, 6.07) is -1.00. The van der Waals surface area contributed by atoms with Gasteiger partial charge < -0.3 is 15.3 Å². The second kappa shape index (κ2) is 3.61. The molecule has 6 nitrogen and oxygen atoms in total. The Hall–Kier alpha value is -1.30. The molecular formula is C7H11NO5. The second-order valence-corrected chi connectivity index (χ2v) is 3.07. The van der Waals surface area contributed by atoms with Gasteiger partial charge in [-0.2, -0.15) is 0 Å². The number of aliphatic carboxylic acids is 1. The predicted molar refractivity (Wildman–Crippen MR) is 41.3 cm³/mol. The van der Waals surface area contributed by atoms with E-state index in [4.69, 9.17) is 15.3 Å². The number of likely N-dealkylation sites (tertiary alicyclic amines) is 1. The Morgan fingerprint density at radius 3 is 2.31 bits per heavy atom. The number of nitrogens with zero attached hydrogens (tertiary/aromatic N) is 1. The quantitative estimate of drug-likeness (QED) is 0.540. The summed E-state index contributed by atoms with van der Waals surface area (Å²) in [6.07, 6.45) is -1.05. The van der Waals surface area contributed by atoms with Crippen LogP contribution in [0.2, 0.25) is 0 Å². The number of hydrogen-bond donors (Lipinski definition) is 3. The highest BCUT2D eigenvalue weighted by molar-refractivity contribution is 5.80. The summed E-state index contributed by atoms with van der Waals surface area (Å²) in [5.74, 6) is -1.41. The molecule has 0 aromatic rings. The third-order valence-corrected chi connectivity index (χ3v) is 2.18. The number of carboxylic acids is 1. The van der Waals surface area contributed by atoms with Crippen LogP contribution in [0.3, 0.4) is 0 Å². The van der Waals surface area contributed by atoms with Crippen molar-refractivity contribution in [3.8, 4) is 0 Å². The van der Waals surface area contributed by atoms with Crippen molar-refractivity contribution >= 4 is 12.1 Å². The molecule has 74 valence electrons. The molecule has 0 bridgehead atoms. The number of carboxylic acid groups (broad SMARTS) is 2. The minimum atomic E-state index is -1.25. The first-order chi connectivity index (χ1) is 6.06. The zero-order valence-corrected chi connectivity index (χ0v) is 6.88. The summed E-state index contributed by atoms with van der Waals surface area (Å²) in [6.45, 7) is -0.0731. The first kappa shape index (κ1) is 9.79. The van der Waals surface area contributed by atoms with Gasteiger partial charge in [0, 0.05) is 19.1 Å². The lowest BCUT2D eigenvalue weighted by atomic mass is 10.1. The summed E-state index contributed by atoms with van der Waals surface area (Å²) in [4.78, 5) is 22.0. The van der Waals surface area contributed by atoms with Crippen molar-refractivity contribution in [2.75, 3.05) is 13.2 Å². The smallest absolute Gasteiger partial charge is 0.408 e. The third kappa shape index (κ3) is 1.89. The van der Waals surface area contributed by atoms with E-state index in [0.717, 1.165) is 4.90 Å². The predicted octanol–water partition coefficient (Wildman–Crippen LogP) is -0.568. The Balaban J connectivity index is 2.71. The normalized spacial score (nSPS) is 27.6. The summed E-state index contributed by atoms with van der Waals surface area (Å²) in [5.41, 5.74) is 0. The van der Waals surface area contributed by atoms with Gasteiger partial charge in [0.05, 0.1) is 0 Å². The van der Waals surface area contributed by atoms with E-state index >= 15 is 0 Å². The van der Waals surface area contributed by atoms with Gasteiger partial charge in [0.2, 0.25) is 0 Å². The molecular weight excluding hydrogens is 178 g/mol. The largest absolute Gasteiger partial charge is 0.480 e. The average Bonchev–Trinajstić information content (AvgIpc) is 2.47. The first-order valence-electron chi connectivity index (χ1n) is 3.89. The number of carbonyl (C=O) groups is 2. The minimum absolute atomic E-state index is 0.100. The van der Waals surface area contributed by atoms with Gasteiger partial charge in [-0.25, -0.2) is 9.59 Å². The molecule has 2 atom stereocenters. The standard InChI is InChI=1S/C7H11NO5/c9-3-4-1-5(6(10)11)8(2-4)7(12)13/h4-5,9H,1-3H2,(H,10,11)(H,12,13)/t4-,5+/m1/s1. The molecule has 1 amide bonds. The molecule has 0 unspecified atom stereocenters. The molecule has 0 aliphatic carbocycles. The molecule has 1 aliphatic rings. The molecule has 1 aliphatic heterocycles. The number of hydrogen-bond acceptors (Lipinski definition) is 3. The van der Waals surface area contributed by atoms with Gasteiger partial charge in [0.1, 0.15) is 6.04 Å². The lowest BCUT2D eigenvalue weighted by Gasteiger charge is -2.16. The molecule has 0 saturated carbocycles. The van der Waals surface area contributed by atoms with Gasteiger partial charge in [-0.05, 0) is 6.42 Å². The van der Waals surface area contributed by atoms with Crippen LogP contribution >= 0.6 is 0 Å². The average molecular weight is 189 g/mol. The fourth-order valence-corrected chi connectivity index (χ4v) is 1.50. The zero-order valence-electron chi connectivity index (χ0n) is 6.88. The third-order valence-electron chi connectivity index (χ3n) is 2.18. The lowest BCUT2D eigenvalue weighted by Crippen LogP contribution is -2.39. The Morgan fingerprint density at radius 2 is 2.00 bits per heavy atom. The Labute approximate surface area is 74.4 Å². The van der Waals surface area contributed by atoms with Gasteiger partial charge in [0.15, 0.2) is 0 Å². The van der Waals surface area contributed by atoms with Crippen molar-refractivity contribution in [3.63, 3.8) is 0 Å². The number of amides is 1. The van der Waals surface area contributed by atoms with Crippen LogP contribution in [0.5, 0.6) is 0 Å². The summed E-state index contributed by atoms with van der Waals surface area (Å²) in [5, 5.41) is 26.0. The van der Waals surface area contributed by atoms with Crippen LogP contribution in [0.25, 0.3) is 0 Å². The monoisotopic (exact) mass is 189 g/mol. The van der Waals surface area contributed by atoms with Crippen LogP contribution in [-0.2, 0) is 4.79 Å². The Bertz CT molecular complexity index is 207. The van der Waals surface area contributed by atoms with Crippen LogP contribution in [0.15, 0.2) is 0 Å². The van der Waals surface area contributed by atoms with Crippen LogP contribution in [0.1, 0.15) is 6.42 Å². The van der Waals surface area contributed by atoms with E-state index in [0.29, 0.717) is 0 Å². The van der Waals surface area contributed by atoms with Crippen molar-refractivity contribution in [2.45, 2.75) is 12.5 Å². The maximum absolute atomic E-state index is 10.6. The molecule has 6 heteroatoms. The van der Waals surface area contributed by atoms with E-state index in [-0.39, 0.29) is 25.5 Å². The highest BCUT2D eigenvalue weighted by atomic mass is 16.4. The number of aliphatic hydroxyl groups is 1. The van der Waals surface area contributed by atoms with Crippen molar-refractivity contribution in [1.29, 1.82) is 0 Å². The highest BCUT2D eigenvalue weighted by Gasteiger charge is 2.39. The minimum Gasteiger partial charge on any atom is -0.480 e. The highest BCUT2D eigenvalue weighted by Crippen LogP contribution is 2.22. The molecule has 0 radical (unpaired) electrons. The van der Waals surface area contributed by atoms with Crippen molar-refractivity contribution in [3.05, 3.63) is 0 Å². The van der Waals surface area contributed by atoms with E-state index in [9.17, 15) is 9.59 Å². The fraction of sp³-hybridized carbons (Fsp3) is 0.714. The molecule has 1 saturated heterocycles. The van der Waals surface area contributed by atoms with Gasteiger partial charge in [-0.15, -0.1) is 0 Å². The topological polar surface area (TPSA) is 98.1 Å². The Kier molecular flexibility index (Phi) is 2.72. The lowest BCUT2D eigenvalue weighted by molar-refractivity contribution is -0.141. The molecule has 0 aromatic heterocycles. The maximum Gasteiger partial charge on any atom is 0.408 e. The summed E-state index contributed by atoms with van der Waals surface area (Å²) in [7, 11) is 0. The van der Waals surface area contributed by atoms with Gasteiger partial charge in [-0.1, -0.05) is 0 Å². The molecule has 3 N–H and O–H groups in total. The molecule has 0 spiro atoms. The van der Waals surface area contributed by atoms with Crippen LogP contribution in [-0.4, -0.2) is 51.5 Å². The fourth-order valence-electron chi connectivity index (χ4n) is 1.50. The van der Waals surface area contributed by atoms with E-state index in [1.807, 2.05) is 0 Å². The molecule has 1 rings (SSSR count). The summed E-state index contributed by atoms with van der Waals surface area (Å²) < 4.78 is 0. The van der Waals surface area contributed by atoms with E-state index in [1.54, 1.807) is 0 Å². The number of aliphatic hydroxyl groups excluding tert-OH is 1. The zero-order chi connectivity index (χ0) is 10.0. The maximum atomic E-state index is 10.6. The van der Waals surface area contributed by atoms with E-state index in [1.165, 1.54) is 0 Å². The SMILES string of the molecule is O=C(O)[C@@H]1C[C@@H](CO)CN1C(=O)O. The number of rotatable bonds is 2. The Morgan fingerprint density at radius 1 is 1.38 bits per heavy atom. The van der Waals surface area contributed by atoms with Crippen molar-refractivity contribution < 1.29 is 24.9 Å². The molecule has 13 heavy (non-hydrogen) atoms. The molecule has 1 fully saturated rings. The summed E-state index contributed by atoms with van der Waals surface area (Å²) >= 11 is 0. The first-order valence-corrected chi connectivity index (χ1v) is 3.89. The van der Waals surface area contributed by atoms with Crippen molar-refractivity contribution in [1.82, 2.24) is 4.90 Å². The van der Waals surface area contributed by atoms with Gasteiger partial charge in [-0.3, -0.25) is 4.90 Å². The second-order valence-electron chi connectivity index (χ2n) is 3.07. The van der Waals surface area contributed by atoms with Crippen molar-refractivity contribution in [2.24, 2.45) is 5.92 Å². The van der Waals surface area contributed by atoms with E-state index < -0.39 is 18.1 Å². The van der Waals surface area contributed by atoms with Crippen LogP contribution < -0.4 is 0 Å². The van der Waals surface area contributed by atoms with Gasteiger partial charge >= 0.3 is 12.1 Å². The van der Waals surface area contributed by atoms with E-state index in [2.05, 4.69) is 0 Å². The van der Waals surface area contributed by atoms with Gasteiger partial charge in [0.25, 0.3) is 0 Å².